The highest BCUT2D eigenvalue weighted by Crippen LogP contribution is 2.14. The first-order chi connectivity index (χ1) is 11.5. The molecule has 1 unspecified atom stereocenters. The van der Waals surface area contributed by atoms with Gasteiger partial charge in [0.15, 0.2) is 6.54 Å². The topological polar surface area (TPSA) is 57.3 Å². The number of quaternary nitrogens is 1. The van der Waals surface area contributed by atoms with Crippen molar-refractivity contribution in [1.29, 1.82) is 5.26 Å². The fraction of sp³-hybridized carbons (Fsp3) is 0.300. The molecule has 0 spiro atoms. The van der Waals surface area contributed by atoms with E-state index in [0.29, 0.717) is 23.7 Å². The van der Waals surface area contributed by atoms with Crippen LogP contribution >= 0.6 is 0 Å². The van der Waals surface area contributed by atoms with E-state index >= 15 is 0 Å². The maximum absolute atomic E-state index is 12.2. The van der Waals surface area contributed by atoms with Gasteiger partial charge in [0.1, 0.15) is 12.6 Å². The smallest absolute Gasteiger partial charge is 0.279 e. The fourth-order valence-corrected chi connectivity index (χ4v) is 2.59. The molecule has 0 saturated carbocycles. The third-order valence-electron chi connectivity index (χ3n) is 3.94. The summed E-state index contributed by atoms with van der Waals surface area (Å²) in [6, 6.07) is 17.7. The van der Waals surface area contributed by atoms with E-state index in [1.165, 1.54) is 11.1 Å². The van der Waals surface area contributed by atoms with Crippen molar-refractivity contribution in [3.8, 4) is 6.07 Å². The van der Waals surface area contributed by atoms with Gasteiger partial charge in [0.05, 0.1) is 18.3 Å². The Morgan fingerprint density at radius 2 is 1.83 bits per heavy atom. The summed E-state index contributed by atoms with van der Waals surface area (Å²) in [5.41, 5.74) is 3.58. The molecule has 2 rings (SSSR count). The Labute approximate surface area is 143 Å². The predicted octanol–water partition coefficient (Wildman–Crippen LogP) is 2.34. The highest BCUT2D eigenvalue weighted by molar-refractivity contribution is 5.92. The van der Waals surface area contributed by atoms with Crippen LogP contribution in [-0.4, -0.2) is 19.5 Å². The number of nitriles is 1. The molecule has 0 radical (unpaired) electrons. The van der Waals surface area contributed by atoms with Gasteiger partial charge < -0.3 is 10.2 Å². The van der Waals surface area contributed by atoms with E-state index in [2.05, 4.69) is 49.5 Å². The van der Waals surface area contributed by atoms with Gasteiger partial charge in [-0.2, -0.15) is 5.26 Å². The van der Waals surface area contributed by atoms with Crippen LogP contribution in [0.15, 0.2) is 48.5 Å². The lowest BCUT2D eigenvalue weighted by molar-refractivity contribution is -0.885. The van der Waals surface area contributed by atoms with Gasteiger partial charge in [-0.25, -0.2) is 0 Å². The first-order valence-electron chi connectivity index (χ1n) is 8.18. The van der Waals surface area contributed by atoms with Gasteiger partial charge in [-0.15, -0.1) is 0 Å². The molecule has 0 heterocycles. The molecule has 124 valence electrons. The van der Waals surface area contributed by atoms with Gasteiger partial charge in [0.25, 0.3) is 5.91 Å². The average molecular weight is 322 g/mol. The minimum atomic E-state index is -0.0889. The third-order valence-corrected chi connectivity index (χ3v) is 3.94. The largest absolute Gasteiger partial charge is 0.326 e. The van der Waals surface area contributed by atoms with E-state index in [-0.39, 0.29) is 5.91 Å². The number of hydrogen-bond donors (Lipinski definition) is 2. The van der Waals surface area contributed by atoms with Crippen LogP contribution in [0.4, 0.5) is 5.69 Å². The summed E-state index contributed by atoms with van der Waals surface area (Å²) >= 11 is 0. The van der Waals surface area contributed by atoms with Crippen molar-refractivity contribution < 1.29 is 9.69 Å². The number of hydrogen-bond acceptors (Lipinski definition) is 2. The summed E-state index contributed by atoms with van der Waals surface area (Å²) in [6.45, 7) is 5.49. The van der Waals surface area contributed by atoms with Crippen molar-refractivity contribution in [1.82, 2.24) is 0 Å². The van der Waals surface area contributed by atoms with Crippen LogP contribution in [0.1, 0.15) is 36.5 Å². The van der Waals surface area contributed by atoms with Gasteiger partial charge in [-0.3, -0.25) is 4.79 Å². The molecule has 2 N–H and O–H groups in total. The molecule has 4 nitrogen and oxygen atoms in total. The molecule has 24 heavy (non-hydrogen) atoms. The normalized spacial score (nSPS) is 11.8. The Hall–Kier alpha value is -2.64. The number of rotatable bonds is 6. The number of nitrogens with zero attached hydrogens (tertiary/aromatic N) is 1. The summed E-state index contributed by atoms with van der Waals surface area (Å²) < 4.78 is 0. The molecule has 2 aromatic carbocycles. The van der Waals surface area contributed by atoms with Gasteiger partial charge in [0, 0.05) is 5.56 Å². The SMILES string of the molecule is CC(C)c1ccc(C[NH+](C)CC(=O)Nc2ccccc2C#N)cc1. The molecule has 0 aliphatic rings. The number of carbonyl (C=O) groups excluding carboxylic acids is 1. The molecule has 1 amide bonds. The van der Waals surface area contributed by atoms with Crippen LogP contribution in [0.5, 0.6) is 0 Å². The summed E-state index contributed by atoms with van der Waals surface area (Å²) in [5, 5.41) is 11.9. The Kier molecular flexibility index (Phi) is 6.11. The lowest BCUT2D eigenvalue weighted by atomic mass is 10.0. The number of anilines is 1. The van der Waals surface area contributed by atoms with Gasteiger partial charge >= 0.3 is 0 Å². The fourth-order valence-electron chi connectivity index (χ4n) is 2.59. The molecular formula is C20H24N3O+. The van der Waals surface area contributed by atoms with E-state index in [9.17, 15) is 4.79 Å². The average Bonchev–Trinajstić information content (AvgIpc) is 2.55. The van der Waals surface area contributed by atoms with Crippen LogP contribution in [0.2, 0.25) is 0 Å². The first kappa shape index (κ1) is 17.7. The molecule has 1 atom stereocenters. The number of benzene rings is 2. The Bertz CT molecular complexity index is 729. The second-order valence-corrected chi connectivity index (χ2v) is 6.41. The number of para-hydroxylation sites is 1. The van der Waals surface area contributed by atoms with Crippen molar-refractivity contribution in [3.63, 3.8) is 0 Å². The maximum atomic E-state index is 12.2. The zero-order chi connectivity index (χ0) is 17.5. The lowest BCUT2D eigenvalue weighted by Gasteiger charge is -2.15. The van der Waals surface area contributed by atoms with Crippen LogP contribution in [0.25, 0.3) is 0 Å². The van der Waals surface area contributed by atoms with Crippen molar-refractivity contribution >= 4 is 11.6 Å². The van der Waals surface area contributed by atoms with Crippen molar-refractivity contribution in [2.75, 3.05) is 18.9 Å². The molecule has 2 aromatic rings. The van der Waals surface area contributed by atoms with E-state index in [1.807, 2.05) is 13.1 Å². The summed E-state index contributed by atoms with van der Waals surface area (Å²) in [6.07, 6.45) is 0. The van der Waals surface area contributed by atoms with E-state index in [4.69, 9.17) is 5.26 Å². The van der Waals surface area contributed by atoms with Crippen molar-refractivity contribution in [3.05, 3.63) is 65.2 Å². The Morgan fingerprint density at radius 1 is 1.17 bits per heavy atom. The van der Waals surface area contributed by atoms with Crippen LogP contribution in [0.3, 0.4) is 0 Å². The van der Waals surface area contributed by atoms with Gasteiger partial charge in [0.2, 0.25) is 0 Å². The number of nitrogens with one attached hydrogen (secondary N) is 2. The van der Waals surface area contributed by atoms with E-state index in [0.717, 1.165) is 11.4 Å². The van der Waals surface area contributed by atoms with Crippen LogP contribution < -0.4 is 10.2 Å². The van der Waals surface area contributed by atoms with Crippen molar-refractivity contribution in [2.45, 2.75) is 26.3 Å². The third kappa shape index (κ3) is 4.94. The standard InChI is InChI=1S/C20H23N3O/c1-15(2)17-10-8-16(9-11-17)13-23(3)14-20(24)22-19-7-5-4-6-18(19)12-21/h4-11,15H,13-14H2,1-3H3,(H,22,24)/p+1. The molecule has 0 fully saturated rings. The predicted molar refractivity (Wildman–Crippen MR) is 95.8 cm³/mol. The number of likely N-dealkylation sites (N-methyl/N-ethyl adjacent to an activating group) is 1. The highest BCUT2D eigenvalue weighted by Gasteiger charge is 2.12. The number of carbonyl (C=O) groups is 1. The quantitative estimate of drug-likeness (QED) is 0.857. The second-order valence-electron chi connectivity index (χ2n) is 6.41. The second kappa shape index (κ2) is 8.28. The first-order valence-corrected chi connectivity index (χ1v) is 8.18. The van der Waals surface area contributed by atoms with E-state index in [1.54, 1.807) is 18.2 Å². The number of amides is 1. The Morgan fingerprint density at radius 3 is 2.46 bits per heavy atom. The minimum Gasteiger partial charge on any atom is -0.326 e. The zero-order valence-electron chi connectivity index (χ0n) is 14.5. The Balaban J connectivity index is 1.91. The van der Waals surface area contributed by atoms with Crippen LogP contribution in [-0.2, 0) is 11.3 Å². The van der Waals surface area contributed by atoms with Crippen molar-refractivity contribution in [2.24, 2.45) is 0 Å². The molecule has 0 bridgehead atoms. The molecule has 0 aliphatic heterocycles. The summed E-state index contributed by atoms with van der Waals surface area (Å²) in [5.74, 6) is 0.434. The van der Waals surface area contributed by atoms with Gasteiger partial charge in [-0.05, 0) is 23.6 Å². The highest BCUT2D eigenvalue weighted by atomic mass is 16.2. The van der Waals surface area contributed by atoms with E-state index < -0.39 is 0 Å². The van der Waals surface area contributed by atoms with Crippen LogP contribution in [0, 0.1) is 11.3 Å². The minimum absolute atomic E-state index is 0.0889. The maximum Gasteiger partial charge on any atom is 0.279 e. The molecular weight excluding hydrogens is 298 g/mol. The summed E-state index contributed by atoms with van der Waals surface area (Å²) in [7, 11) is 1.99. The monoisotopic (exact) mass is 322 g/mol. The zero-order valence-corrected chi connectivity index (χ0v) is 14.5. The molecule has 0 aromatic heterocycles. The van der Waals surface area contributed by atoms with Gasteiger partial charge in [-0.1, -0.05) is 50.2 Å². The lowest BCUT2D eigenvalue weighted by Crippen LogP contribution is -3.08. The summed E-state index contributed by atoms with van der Waals surface area (Å²) in [4.78, 5) is 13.3. The molecule has 0 aliphatic carbocycles. The molecule has 0 saturated heterocycles. The molecule has 4 heteroatoms.